The molecule has 2 heterocycles. The van der Waals surface area contributed by atoms with Crippen molar-refractivity contribution in [2.75, 3.05) is 37.7 Å². The number of carbonyl (C=O) groups is 1. The Morgan fingerprint density at radius 1 is 1.10 bits per heavy atom. The smallest absolute Gasteiger partial charge is 0.341 e. The van der Waals surface area contributed by atoms with Gasteiger partial charge in [0, 0.05) is 44.3 Å². The molecule has 0 atom stereocenters. The highest BCUT2D eigenvalue weighted by atomic mass is 19.1. The number of halogens is 1. The summed E-state index contributed by atoms with van der Waals surface area (Å²) in [5.74, 6) is -0.767. The second-order valence-electron chi connectivity index (χ2n) is 7.15. The summed E-state index contributed by atoms with van der Waals surface area (Å²) in [5, 5.41) is 0.645. The summed E-state index contributed by atoms with van der Waals surface area (Å²) in [6.45, 7) is 6.15. The Kier molecular flexibility index (Phi) is 5.71. The normalized spacial score (nSPS) is 14.9. The fraction of sp³-hybridized carbons (Fsp3) is 0.304. The number of nitrogens with zero attached hydrogens (tertiary/aromatic N) is 3. The van der Waals surface area contributed by atoms with Gasteiger partial charge in [-0.2, -0.15) is 0 Å². The molecule has 1 fully saturated rings. The minimum absolute atomic E-state index is 0.282. The predicted molar refractivity (Wildman–Crippen MR) is 112 cm³/mol. The zero-order chi connectivity index (χ0) is 20.2. The summed E-state index contributed by atoms with van der Waals surface area (Å²) in [5.41, 5.74) is 3.06. The van der Waals surface area contributed by atoms with Gasteiger partial charge in [-0.1, -0.05) is 30.3 Å². The Morgan fingerprint density at radius 2 is 1.86 bits per heavy atom. The summed E-state index contributed by atoms with van der Waals surface area (Å²) in [4.78, 5) is 21.4. The fourth-order valence-electron chi connectivity index (χ4n) is 3.82. The van der Waals surface area contributed by atoms with Crippen LogP contribution in [0, 0.1) is 5.82 Å². The highest BCUT2D eigenvalue weighted by Gasteiger charge is 2.25. The van der Waals surface area contributed by atoms with E-state index in [4.69, 9.17) is 4.74 Å². The Labute approximate surface area is 169 Å². The Hall–Kier alpha value is -2.99. The molecule has 6 heteroatoms. The first-order chi connectivity index (χ1) is 14.2. The Bertz CT molecular complexity index is 1000. The molecule has 0 N–H and O–H groups in total. The first-order valence-corrected chi connectivity index (χ1v) is 9.92. The molecule has 0 radical (unpaired) electrons. The molecule has 0 unspecified atom stereocenters. The minimum atomic E-state index is -0.423. The van der Waals surface area contributed by atoms with Crippen LogP contribution in [0.25, 0.3) is 10.9 Å². The monoisotopic (exact) mass is 393 g/mol. The van der Waals surface area contributed by atoms with Crippen molar-refractivity contribution >= 4 is 22.6 Å². The molecule has 0 aliphatic carbocycles. The van der Waals surface area contributed by atoms with Gasteiger partial charge in [-0.3, -0.25) is 9.88 Å². The number of fused-ring (bicyclic) bond motifs is 1. The third kappa shape index (κ3) is 4.22. The van der Waals surface area contributed by atoms with Gasteiger partial charge >= 0.3 is 5.97 Å². The van der Waals surface area contributed by atoms with Crippen LogP contribution in [-0.4, -0.2) is 48.6 Å². The summed E-state index contributed by atoms with van der Waals surface area (Å²) in [7, 11) is 0. The average Bonchev–Trinajstić information content (AvgIpc) is 2.74. The molecule has 0 amide bonds. The number of anilines is 1. The van der Waals surface area contributed by atoms with E-state index in [1.807, 2.05) is 6.07 Å². The Morgan fingerprint density at radius 3 is 2.59 bits per heavy atom. The van der Waals surface area contributed by atoms with Gasteiger partial charge in [0.25, 0.3) is 0 Å². The number of esters is 1. The number of ether oxygens (including phenoxy) is 1. The molecule has 0 bridgehead atoms. The van der Waals surface area contributed by atoms with Gasteiger partial charge in [0.2, 0.25) is 0 Å². The summed E-state index contributed by atoms with van der Waals surface area (Å²) in [6, 6.07) is 14.9. The van der Waals surface area contributed by atoms with E-state index < -0.39 is 5.97 Å². The van der Waals surface area contributed by atoms with Crippen LogP contribution in [0.3, 0.4) is 0 Å². The lowest BCUT2D eigenvalue weighted by molar-refractivity contribution is 0.0526. The standard InChI is InChI=1S/C23H24FN3O2/c1-2-29-23(28)20-15-25-21-9-8-18(24)14-19(21)22(20)27-12-10-26(11-13-27)16-17-6-4-3-5-7-17/h3-9,14-15H,2,10-13,16H2,1H3. The van der Waals surface area contributed by atoms with Crippen LogP contribution < -0.4 is 4.90 Å². The zero-order valence-electron chi connectivity index (χ0n) is 16.5. The van der Waals surface area contributed by atoms with Gasteiger partial charge in [0.1, 0.15) is 11.4 Å². The molecule has 3 aromatic rings. The van der Waals surface area contributed by atoms with Gasteiger partial charge < -0.3 is 9.64 Å². The third-order valence-corrected chi connectivity index (χ3v) is 5.23. The van der Waals surface area contributed by atoms with Gasteiger partial charge in [0.15, 0.2) is 0 Å². The largest absolute Gasteiger partial charge is 0.462 e. The number of aromatic nitrogens is 1. The molecule has 150 valence electrons. The summed E-state index contributed by atoms with van der Waals surface area (Å²) < 4.78 is 19.2. The van der Waals surface area contributed by atoms with Crippen molar-refractivity contribution in [1.29, 1.82) is 0 Å². The van der Waals surface area contributed by atoms with Crippen molar-refractivity contribution in [2.24, 2.45) is 0 Å². The SMILES string of the molecule is CCOC(=O)c1cnc2ccc(F)cc2c1N1CCN(Cc2ccccc2)CC1. The van der Waals surface area contributed by atoms with Gasteiger partial charge in [0.05, 0.1) is 17.8 Å². The van der Waals surface area contributed by atoms with Crippen LogP contribution in [0.2, 0.25) is 0 Å². The fourth-order valence-corrected chi connectivity index (χ4v) is 3.82. The van der Waals surface area contributed by atoms with Crippen molar-refractivity contribution in [3.05, 3.63) is 71.7 Å². The maximum atomic E-state index is 14.0. The highest BCUT2D eigenvalue weighted by Crippen LogP contribution is 2.32. The average molecular weight is 393 g/mol. The van der Waals surface area contributed by atoms with Crippen LogP contribution in [0.5, 0.6) is 0 Å². The summed E-state index contributed by atoms with van der Waals surface area (Å²) in [6.07, 6.45) is 1.55. The first kappa shape index (κ1) is 19.3. The van der Waals surface area contributed by atoms with E-state index in [2.05, 4.69) is 39.0 Å². The molecular weight excluding hydrogens is 369 g/mol. The number of hydrogen-bond acceptors (Lipinski definition) is 5. The highest BCUT2D eigenvalue weighted by molar-refractivity contribution is 6.05. The van der Waals surface area contributed by atoms with Crippen LogP contribution >= 0.6 is 0 Å². The zero-order valence-corrected chi connectivity index (χ0v) is 16.5. The molecule has 0 spiro atoms. The lowest BCUT2D eigenvalue weighted by Gasteiger charge is -2.37. The predicted octanol–water partition coefficient (Wildman–Crippen LogP) is 3.87. The lowest BCUT2D eigenvalue weighted by atomic mass is 10.1. The molecule has 29 heavy (non-hydrogen) atoms. The van der Waals surface area contributed by atoms with Crippen molar-refractivity contribution in [2.45, 2.75) is 13.5 Å². The van der Waals surface area contributed by atoms with Crippen LogP contribution in [0.15, 0.2) is 54.7 Å². The van der Waals surface area contributed by atoms with Gasteiger partial charge in [-0.05, 0) is 30.7 Å². The van der Waals surface area contributed by atoms with E-state index in [-0.39, 0.29) is 12.4 Å². The molecule has 4 rings (SSSR count). The van der Waals surface area contributed by atoms with Gasteiger partial charge in [-0.15, -0.1) is 0 Å². The molecule has 1 aliphatic heterocycles. The van der Waals surface area contributed by atoms with Crippen LogP contribution in [0.1, 0.15) is 22.8 Å². The number of piperazine rings is 1. The number of carbonyl (C=O) groups excluding carboxylic acids is 1. The van der Waals surface area contributed by atoms with Crippen molar-refractivity contribution in [3.8, 4) is 0 Å². The van der Waals surface area contributed by atoms with Crippen LogP contribution in [-0.2, 0) is 11.3 Å². The van der Waals surface area contributed by atoms with E-state index in [9.17, 15) is 9.18 Å². The number of pyridine rings is 1. The number of benzene rings is 2. The van der Waals surface area contributed by atoms with Crippen molar-refractivity contribution in [1.82, 2.24) is 9.88 Å². The van der Waals surface area contributed by atoms with E-state index in [0.29, 0.717) is 22.2 Å². The van der Waals surface area contributed by atoms with E-state index in [1.165, 1.54) is 17.7 Å². The van der Waals surface area contributed by atoms with Crippen molar-refractivity contribution in [3.63, 3.8) is 0 Å². The second kappa shape index (κ2) is 8.57. The topological polar surface area (TPSA) is 45.7 Å². The molecule has 0 saturated carbocycles. The van der Waals surface area contributed by atoms with E-state index in [0.717, 1.165) is 32.7 Å². The molecule has 1 aliphatic rings. The van der Waals surface area contributed by atoms with Gasteiger partial charge in [-0.25, -0.2) is 9.18 Å². The van der Waals surface area contributed by atoms with E-state index in [1.54, 1.807) is 19.2 Å². The number of hydrogen-bond donors (Lipinski definition) is 0. The third-order valence-electron chi connectivity index (χ3n) is 5.23. The first-order valence-electron chi connectivity index (χ1n) is 9.92. The lowest BCUT2D eigenvalue weighted by Crippen LogP contribution is -2.46. The molecule has 2 aromatic carbocycles. The van der Waals surface area contributed by atoms with Crippen molar-refractivity contribution < 1.29 is 13.9 Å². The van der Waals surface area contributed by atoms with E-state index >= 15 is 0 Å². The second-order valence-corrected chi connectivity index (χ2v) is 7.15. The maximum Gasteiger partial charge on any atom is 0.341 e. The number of rotatable bonds is 5. The molecule has 5 nitrogen and oxygen atoms in total. The van der Waals surface area contributed by atoms with Crippen LogP contribution in [0.4, 0.5) is 10.1 Å². The molecule has 1 aromatic heterocycles. The minimum Gasteiger partial charge on any atom is -0.462 e. The summed E-state index contributed by atoms with van der Waals surface area (Å²) >= 11 is 0. The molecule has 1 saturated heterocycles. The maximum absolute atomic E-state index is 14.0. The Balaban J connectivity index is 1.61. The quantitative estimate of drug-likeness (QED) is 0.616. The molecular formula is C23H24FN3O2.